The van der Waals surface area contributed by atoms with Crippen molar-refractivity contribution in [2.75, 3.05) is 40.0 Å². The lowest BCUT2D eigenvalue weighted by atomic mass is 10.2. The molecule has 0 saturated carbocycles. The molecule has 1 saturated heterocycles. The highest BCUT2D eigenvalue weighted by molar-refractivity contribution is 5.82. The molecule has 0 aromatic rings. The van der Waals surface area contributed by atoms with Crippen molar-refractivity contribution in [3.05, 3.63) is 0 Å². The molecule has 0 aromatic heterocycles. The number of ether oxygens (including phenoxy) is 1. The van der Waals surface area contributed by atoms with Crippen LogP contribution >= 0.6 is 0 Å². The summed E-state index contributed by atoms with van der Waals surface area (Å²) in [5.41, 5.74) is 0. The van der Waals surface area contributed by atoms with Crippen LogP contribution < -0.4 is 0 Å². The minimum absolute atomic E-state index is 0.00797. The van der Waals surface area contributed by atoms with Crippen LogP contribution in [-0.4, -0.2) is 78.0 Å². The lowest BCUT2D eigenvalue weighted by Crippen LogP contribution is -2.56. The Labute approximate surface area is 93.2 Å². The van der Waals surface area contributed by atoms with Crippen LogP contribution in [0.15, 0.2) is 0 Å². The molecular formula is C9H16N2O5. The summed E-state index contributed by atoms with van der Waals surface area (Å²) < 4.78 is 5.02. The Hall–Kier alpha value is -1.34. The second-order valence-corrected chi connectivity index (χ2v) is 3.55. The van der Waals surface area contributed by atoms with Gasteiger partial charge in [-0.1, -0.05) is 0 Å². The molecule has 7 heteroatoms. The van der Waals surface area contributed by atoms with E-state index in [0.29, 0.717) is 6.61 Å². The summed E-state index contributed by atoms with van der Waals surface area (Å²) in [5.74, 6) is -1.08. The molecule has 0 bridgehead atoms. The molecule has 0 aliphatic carbocycles. The number of carbonyl (C=O) groups is 2. The molecule has 1 rings (SSSR count). The zero-order chi connectivity index (χ0) is 12.1. The number of amides is 2. The topological polar surface area (TPSA) is 90.3 Å². The number of urea groups is 1. The van der Waals surface area contributed by atoms with E-state index in [2.05, 4.69) is 0 Å². The van der Waals surface area contributed by atoms with Crippen LogP contribution in [0.3, 0.4) is 0 Å². The molecule has 1 heterocycles. The fourth-order valence-corrected chi connectivity index (χ4v) is 1.50. The third-order valence-corrected chi connectivity index (χ3v) is 2.42. The first kappa shape index (κ1) is 12.7. The van der Waals surface area contributed by atoms with E-state index in [-0.39, 0.29) is 26.3 Å². The maximum absolute atomic E-state index is 11.8. The van der Waals surface area contributed by atoms with Crippen LogP contribution in [0.2, 0.25) is 0 Å². The molecule has 0 radical (unpaired) electrons. The Kier molecular flexibility index (Phi) is 4.51. The highest BCUT2D eigenvalue weighted by Crippen LogP contribution is 2.09. The summed E-state index contributed by atoms with van der Waals surface area (Å²) in [6.07, 6.45) is 0. The monoisotopic (exact) mass is 232 g/mol. The van der Waals surface area contributed by atoms with Gasteiger partial charge in [-0.05, 0) is 0 Å². The standard InChI is InChI=1S/C9H16N2O5/c1-10(2-4-12)9(15)11-3-5-16-6-7(11)8(13)14/h7,12H,2-6H2,1H3,(H,13,14). The summed E-state index contributed by atoms with van der Waals surface area (Å²) in [6.45, 7) is 0.634. The van der Waals surface area contributed by atoms with E-state index < -0.39 is 18.0 Å². The van der Waals surface area contributed by atoms with E-state index in [9.17, 15) is 9.59 Å². The van der Waals surface area contributed by atoms with Crippen molar-refractivity contribution in [3.8, 4) is 0 Å². The van der Waals surface area contributed by atoms with E-state index in [4.69, 9.17) is 14.9 Å². The zero-order valence-electron chi connectivity index (χ0n) is 9.13. The summed E-state index contributed by atoms with van der Waals surface area (Å²) >= 11 is 0. The fourth-order valence-electron chi connectivity index (χ4n) is 1.50. The highest BCUT2D eigenvalue weighted by Gasteiger charge is 2.33. The Morgan fingerprint density at radius 2 is 2.25 bits per heavy atom. The molecule has 1 aliphatic heterocycles. The average molecular weight is 232 g/mol. The molecule has 92 valence electrons. The maximum atomic E-state index is 11.8. The highest BCUT2D eigenvalue weighted by atomic mass is 16.5. The van der Waals surface area contributed by atoms with Crippen LogP contribution in [-0.2, 0) is 9.53 Å². The minimum Gasteiger partial charge on any atom is -0.480 e. The van der Waals surface area contributed by atoms with Crippen LogP contribution in [0.4, 0.5) is 4.79 Å². The molecule has 7 nitrogen and oxygen atoms in total. The predicted molar refractivity (Wildman–Crippen MR) is 54.1 cm³/mol. The van der Waals surface area contributed by atoms with E-state index >= 15 is 0 Å². The number of aliphatic hydroxyl groups excluding tert-OH is 1. The summed E-state index contributed by atoms with van der Waals surface area (Å²) in [4.78, 5) is 25.3. The Balaban J connectivity index is 2.67. The normalized spacial score (nSPS) is 20.6. The van der Waals surface area contributed by atoms with E-state index in [1.54, 1.807) is 0 Å². The van der Waals surface area contributed by atoms with Gasteiger partial charge >= 0.3 is 12.0 Å². The largest absolute Gasteiger partial charge is 0.480 e. The number of rotatable bonds is 3. The molecule has 0 aromatic carbocycles. The average Bonchev–Trinajstić information content (AvgIpc) is 2.28. The van der Waals surface area contributed by atoms with Gasteiger partial charge in [-0.25, -0.2) is 9.59 Å². The van der Waals surface area contributed by atoms with Crippen LogP contribution in [0.5, 0.6) is 0 Å². The number of carbonyl (C=O) groups excluding carboxylic acids is 1. The van der Waals surface area contributed by atoms with Gasteiger partial charge in [-0.15, -0.1) is 0 Å². The van der Waals surface area contributed by atoms with E-state index in [0.717, 1.165) is 0 Å². The van der Waals surface area contributed by atoms with Crippen LogP contribution in [0.1, 0.15) is 0 Å². The van der Waals surface area contributed by atoms with Gasteiger partial charge in [0, 0.05) is 20.1 Å². The summed E-state index contributed by atoms with van der Waals surface area (Å²) in [5, 5.41) is 17.6. The number of carboxylic acids is 1. The summed E-state index contributed by atoms with van der Waals surface area (Å²) in [6, 6.07) is -1.34. The van der Waals surface area contributed by atoms with Gasteiger partial charge in [-0.3, -0.25) is 0 Å². The third kappa shape index (κ3) is 2.83. The third-order valence-electron chi connectivity index (χ3n) is 2.42. The van der Waals surface area contributed by atoms with Crippen molar-refractivity contribution < 1.29 is 24.5 Å². The molecule has 1 unspecified atom stereocenters. The molecule has 1 fully saturated rings. The molecule has 0 spiro atoms. The summed E-state index contributed by atoms with van der Waals surface area (Å²) in [7, 11) is 1.52. The van der Waals surface area contributed by atoms with Gasteiger partial charge in [0.25, 0.3) is 0 Å². The van der Waals surface area contributed by atoms with Gasteiger partial charge in [0.15, 0.2) is 6.04 Å². The number of nitrogens with zero attached hydrogens (tertiary/aromatic N) is 2. The van der Waals surface area contributed by atoms with Crippen molar-refractivity contribution in [2.45, 2.75) is 6.04 Å². The fraction of sp³-hybridized carbons (Fsp3) is 0.778. The number of likely N-dealkylation sites (N-methyl/N-ethyl adjacent to an activating group) is 1. The van der Waals surface area contributed by atoms with Gasteiger partial charge in [0.2, 0.25) is 0 Å². The first-order chi connectivity index (χ1) is 7.57. The molecule has 1 atom stereocenters. The van der Waals surface area contributed by atoms with Crippen LogP contribution in [0, 0.1) is 0 Å². The lowest BCUT2D eigenvalue weighted by molar-refractivity contribution is -0.147. The van der Waals surface area contributed by atoms with Crippen molar-refractivity contribution in [1.29, 1.82) is 0 Å². The molecule has 2 amide bonds. The number of hydrogen-bond acceptors (Lipinski definition) is 4. The van der Waals surface area contributed by atoms with Gasteiger partial charge in [0.05, 0.1) is 19.8 Å². The van der Waals surface area contributed by atoms with Crippen molar-refractivity contribution >= 4 is 12.0 Å². The van der Waals surface area contributed by atoms with Crippen molar-refractivity contribution in [3.63, 3.8) is 0 Å². The second kappa shape index (κ2) is 5.66. The SMILES string of the molecule is CN(CCO)C(=O)N1CCOCC1C(=O)O. The Bertz CT molecular complexity index is 271. The van der Waals surface area contributed by atoms with Crippen molar-refractivity contribution in [1.82, 2.24) is 9.80 Å². The molecular weight excluding hydrogens is 216 g/mol. The van der Waals surface area contributed by atoms with Gasteiger partial charge in [0.1, 0.15) is 0 Å². The Morgan fingerprint density at radius 1 is 1.56 bits per heavy atom. The minimum atomic E-state index is -1.08. The number of hydrogen-bond donors (Lipinski definition) is 2. The molecule has 2 N–H and O–H groups in total. The molecule has 1 aliphatic rings. The predicted octanol–water partition coefficient (Wildman–Crippen LogP) is -1.18. The first-order valence-electron chi connectivity index (χ1n) is 5.01. The maximum Gasteiger partial charge on any atom is 0.328 e. The smallest absolute Gasteiger partial charge is 0.328 e. The lowest BCUT2D eigenvalue weighted by Gasteiger charge is -2.35. The van der Waals surface area contributed by atoms with E-state index in [1.807, 2.05) is 0 Å². The Morgan fingerprint density at radius 3 is 2.81 bits per heavy atom. The van der Waals surface area contributed by atoms with Crippen LogP contribution in [0.25, 0.3) is 0 Å². The number of aliphatic carboxylic acids is 1. The number of morpholine rings is 1. The van der Waals surface area contributed by atoms with E-state index in [1.165, 1.54) is 16.8 Å². The van der Waals surface area contributed by atoms with Gasteiger partial charge in [-0.2, -0.15) is 0 Å². The number of carboxylic acid groups (broad SMARTS) is 1. The first-order valence-corrected chi connectivity index (χ1v) is 5.01. The number of aliphatic hydroxyl groups is 1. The zero-order valence-corrected chi connectivity index (χ0v) is 9.13. The quantitative estimate of drug-likeness (QED) is 0.639. The second-order valence-electron chi connectivity index (χ2n) is 3.55. The van der Waals surface area contributed by atoms with Gasteiger partial charge < -0.3 is 24.7 Å². The molecule has 16 heavy (non-hydrogen) atoms. The van der Waals surface area contributed by atoms with Crippen molar-refractivity contribution in [2.24, 2.45) is 0 Å².